The minimum absolute atomic E-state index is 0.177. The summed E-state index contributed by atoms with van der Waals surface area (Å²) in [4.78, 5) is 23.6. The van der Waals surface area contributed by atoms with Crippen molar-refractivity contribution in [2.24, 2.45) is 5.73 Å². The Balaban J connectivity index is 2.66. The summed E-state index contributed by atoms with van der Waals surface area (Å²) in [7, 11) is 0. The molecule has 5 nitrogen and oxygen atoms in total. The standard InChI is InChI=1S/C11H13N3O2/c12-6-3-7-14-11(16)9-5-2-1-4-8(9)10(15)13-14/h1-2,4-5H,3,6-7,12H2,(H,13,15). The zero-order chi connectivity index (χ0) is 11.5. The molecule has 84 valence electrons. The van der Waals surface area contributed by atoms with Gasteiger partial charge in [-0.05, 0) is 25.1 Å². The van der Waals surface area contributed by atoms with Gasteiger partial charge in [-0.15, -0.1) is 0 Å². The summed E-state index contributed by atoms with van der Waals surface area (Å²) in [5.74, 6) is 0. The van der Waals surface area contributed by atoms with Crippen LogP contribution in [0.2, 0.25) is 0 Å². The Bertz CT molecular complexity index is 612. The highest BCUT2D eigenvalue weighted by atomic mass is 16.2. The summed E-state index contributed by atoms with van der Waals surface area (Å²) in [6.45, 7) is 0.927. The van der Waals surface area contributed by atoms with Gasteiger partial charge < -0.3 is 5.73 Å². The van der Waals surface area contributed by atoms with Gasteiger partial charge in [-0.3, -0.25) is 14.7 Å². The minimum Gasteiger partial charge on any atom is -0.330 e. The van der Waals surface area contributed by atoms with Crippen LogP contribution in [-0.2, 0) is 6.54 Å². The van der Waals surface area contributed by atoms with Gasteiger partial charge in [-0.25, -0.2) is 4.68 Å². The van der Waals surface area contributed by atoms with Gasteiger partial charge in [0, 0.05) is 6.54 Å². The fourth-order valence-corrected chi connectivity index (χ4v) is 1.65. The van der Waals surface area contributed by atoms with Crippen LogP contribution in [0.4, 0.5) is 0 Å². The monoisotopic (exact) mass is 219 g/mol. The van der Waals surface area contributed by atoms with Crippen LogP contribution in [0.3, 0.4) is 0 Å². The molecule has 16 heavy (non-hydrogen) atoms. The highest BCUT2D eigenvalue weighted by molar-refractivity contribution is 5.80. The molecule has 0 radical (unpaired) electrons. The summed E-state index contributed by atoms with van der Waals surface area (Å²) < 4.78 is 1.32. The Morgan fingerprint density at radius 2 is 1.88 bits per heavy atom. The van der Waals surface area contributed by atoms with Crippen molar-refractivity contribution in [1.82, 2.24) is 9.78 Å². The molecule has 0 saturated carbocycles. The Hall–Kier alpha value is -1.88. The number of nitrogens with zero attached hydrogens (tertiary/aromatic N) is 1. The van der Waals surface area contributed by atoms with Crippen molar-refractivity contribution in [1.29, 1.82) is 0 Å². The van der Waals surface area contributed by atoms with Crippen LogP contribution >= 0.6 is 0 Å². The van der Waals surface area contributed by atoms with Crippen molar-refractivity contribution in [2.75, 3.05) is 6.54 Å². The molecule has 0 bridgehead atoms. The molecule has 3 N–H and O–H groups in total. The average Bonchev–Trinajstić information content (AvgIpc) is 2.32. The van der Waals surface area contributed by atoms with Crippen LogP contribution in [0.15, 0.2) is 33.9 Å². The second kappa shape index (κ2) is 4.32. The van der Waals surface area contributed by atoms with Gasteiger partial charge in [-0.2, -0.15) is 0 Å². The Morgan fingerprint density at radius 3 is 2.56 bits per heavy atom. The number of rotatable bonds is 3. The molecule has 0 aliphatic rings. The number of aromatic amines is 1. The van der Waals surface area contributed by atoms with Crippen molar-refractivity contribution < 1.29 is 0 Å². The number of nitrogens with two attached hydrogens (primary N) is 1. The number of hydrogen-bond donors (Lipinski definition) is 2. The van der Waals surface area contributed by atoms with E-state index in [2.05, 4.69) is 5.10 Å². The van der Waals surface area contributed by atoms with Crippen molar-refractivity contribution in [2.45, 2.75) is 13.0 Å². The van der Waals surface area contributed by atoms with E-state index in [-0.39, 0.29) is 11.1 Å². The van der Waals surface area contributed by atoms with E-state index in [9.17, 15) is 9.59 Å². The topological polar surface area (TPSA) is 80.9 Å². The van der Waals surface area contributed by atoms with Gasteiger partial charge in [0.15, 0.2) is 0 Å². The molecule has 0 saturated heterocycles. The van der Waals surface area contributed by atoms with E-state index in [4.69, 9.17) is 5.73 Å². The lowest BCUT2D eigenvalue weighted by Gasteiger charge is -2.05. The fraction of sp³-hybridized carbons (Fsp3) is 0.273. The van der Waals surface area contributed by atoms with Crippen LogP contribution in [0.1, 0.15) is 6.42 Å². The SMILES string of the molecule is NCCCn1[nH]c(=O)c2ccccc2c1=O. The van der Waals surface area contributed by atoms with Gasteiger partial charge in [0.1, 0.15) is 0 Å². The van der Waals surface area contributed by atoms with E-state index in [0.29, 0.717) is 30.3 Å². The van der Waals surface area contributed by atoms with E-state index in [1.807, 2.05) is 0 Å². The first-order valence-electron chi connectivity index (χ1n) is 5.16. The molecule has 1 aromatic heterocycles. The van der Waals surface area contributed by atoms with Crippen molar-refractivity contribution in [3.63, 3.8) is 0 Å². The van der Waals surface area contributed by atoms with Crippen LogP contribution in [0.5, 0.6) is 0 Å². The lowest BCUT2D eigenvalue weighted by molar-refractivity contribution is 0.552. The molecule has 0 aliphatic carbocycles. The molecule has 0 spiro atoms. The number of H-pyrrole nitrogens is 1. The van der Waals surface area contributed by atoms with Crippen molar-refractivity contribution in [3.8, 4) is 0 Å². The lowest BCUT2D eigenvalue weighted by Crippen LogP contribution is -2.30. The summed E-state index contributed by atoms with van der Waals surface area (Å²) in [6.07, 6.45) is 0.661. The Morgan fingerprint density at radius 1 is 1.19 bits per heavy atom. The first-order chi connectivity index (χ1) is 7.74. The Labute approximate surface area is 91.5 Å². The normalized spacial score (nSPS) is 10.8. The third kappa shape index (κ3) is 1.77. The lowest BCUT2D eigenvalue weighted by atomic mass is 10.2. The van der Waals surface area contributed by atoms with E-state index in [0.717, 1.165) is 0 Å². The fourth-order valence-electron chi connectivity index (χ4n) is 1.65. The third-order valence-electron chi connectivity index (χ3n) is 2.47. The molecule has 0 atom stereocenters. The molecule has 2 rings (SSSR count). The zero-order valence-corrected chi connectivity index (χ0v) is 8.77. The highest BCUT2D eigenvalue weighted by Crippen LogP contribution is 2.02. The van der Waals surface area contributed by atoms with Gasteiger partial charge >= 0.3 is 0 Å². The summed E-state index contributed by atoms with van der Waals surface area (Å²) in [5, 5.41) is 3.42. The molecule has 1 aromatic carbocycles. The second-order valence-corrected chi connectivity index (χ2v) is 3.59. The van der Waals surface area contributed by atoms with Gasteiger partial charge in [0.25, 0.3) is 11.1 Å². The molecular formula is C11H13N3O2. The third-order valence-corrected chi connectivity index (χ3v) is 2.47. The van der Waals surface area contributed by atoms with Gasteiger partial charge in [0.2, 0.25) is 0 Å². The molecule has 0 aliphatic heterocycles. The predicted molar refractivity (Wildman–Crippen MR) is 62.5 cm³/mol. The van der Waals surface area contributed by atoms with E-state index >= 15 is 0 Å². The van der Waals surface area contributed by atoms with Gasteiger partial charge in [0.05, 0.1) is 10.8 Å². The van der Waals surface area contributed by atoms with Crippen LogP contribution in [-0.4, -0.2) is 16.3 Å². The number of aromatic nitrogens is 2. The molecule has 0 fully saturated rings. The number of hydrogen-bond acceptors (Lipinski definition) is 3. The van der Waals surface area contributed by atoms with Crippen LogP contribution in [0, 0.1) is 0 Å². The Kier molecular flexibility index (Phi) is 2.87. The zero-order valence-electron chi connectivity index (χ0n) is 8.77. The maximum atomic E-state index is 11.9. The first kappa shape index (κ1) is 10.6. The quantitative estimate of drug-likeness (QED) is 0.764. The molecule has 5 heteroatoms. The predicted octanol–water partition coefficient (Wildman–Crippen LogP) is 0.0386. The van der Waals surface area contributed by atoms with E-state index < -0.39 is 0 Å². The molecular weight excluding hydrogens is 206 g/mol. The maximum absolute atomic E-state index is 11.9. The minimum atomic E-state index is -0.243. The van der Waals surface area contributed by atoms with E-state index in [1.165, 1.54) is 4.68 Å². The number of fused-ring (bicyclic) bond motifs is 1. The smallest absolute Gasteiger partial charge is 0.273 e. The molecule has 0 unspecified atom stereocenters. The van der Waals surface area contributed by atoms with Crippen molar-refractivity contribution in [3.05, 3.63) is 45.0 Å². The molecule has 2 aromatic rings. The van der Waals surface area contributed by atoms with Gasteiger partial charge in [-0.1, -0.05) is 12.1 Å². The largest absolute Gasteiger partial charge is 0.330 e. The maximum Gasteiger partial charge on any atom is 0.273 e. The number of aryl methyl sites for hydroxylation is 1. The highest BCUT2D eigenvalue weighted by Gasteiger charge is 2.05. The molecule has 0 amide bonds. The molecule has 1 heterocycles. The number of nitrogens with one attached hydrogen (secondary N) is 1. The summed E-state index contributed by atoms with van der Waals surface area (Å²) in [5.41, 5.74) is 4.95. The van der Waals surface area contributed by atoms with Crippen LogP contribution in [0.25, 0.3) is 10.8 Å². The first-order valence-corrected chi connectivity index (χ1v) is 5.16. The summed E-state index contributed by atoms with van der Waals surface area (Å²) in [6, 6.07) is 6.78. The number of benzene rings is 1. The summed E-state index contributed by atoms with van der Waals surface area (Å²) >= 11 is 0. The average molecular weight is 219 g/mol. The second-order valence-electron chi connectivity index (χ2n) is 3.59. The van der Waals surface area contributed by atoms with E-state index in [1.54, 1.807) is 24.3 Å². The van der Waals surface area contributed by atoms with Crippen molar-refractivity contribution >= 4 is 10.8 Å². The van der Waals surface area contributed by atoms with Crippen LogP contribution < -0.4 is 16.9 Å².